The number of aliphatic hydroxyl groups is 12. The Morgan fingerprint density at radius 3 is 1.85 bits per heavy atom. The summed E-state index contributed by atoms with van der Waals surface area (Å²) in [6.45, 7) is 14.3. The van der Waals surface area contributed by atoms with Crippen LogP contribution in [-0.2, 0) is 42.7 Å². The lowest BCUT2D eigenvalue weighted by Gasteiger charge is -2.71. The van der Waals surface area contributed by atoms with Crippen LogP contribution in [0.2, 0.25) is 0 Å². The molecule has 12 N–H and O–H groups in total. The molecular weight excluding hydrogens is 961 g/mol. The van der Waals surface area contributed by atoms with Gasteiger partial charge in [-0.3, -0.25) is 4.79 Å². The largest absolute Gasteiger partial charge is 0.432 e. The summed E-state index contributed by atoms with van der Waals surface area (Å²) in [7, 11) is 0. The van der Waals surface area contributed by atoms with E-state index in [2.05, 4.69) is 54.5 Å². The van der Waals surface area contributed by atoms with E-state index in [1.54, 1.807) is 0 Å². The number of rotatable bonds is 10. The number of fused-ring (bicyclic) bond motifs is 7. The topological polar surface area (TPSA) is 334 Å². The highest BCUT2D eigenvalue weighted by atomic mass is 16.8. The zero-order valence-electron chi connectivity index (χ0n) is 43.2. The van der Waals surface area contributed by atoms with Gasteiger partial charge in [-0.1, -0.05) is 60.1 Å². The molecule has 26 atom stereocenters. The fourth-order valence-electron chi connectivity index (χ4n) is 15.9. The highest BCUT2D eigenvalue weighted by molar-refractivity contribution is 5.79. The number of hydrogen-bond donors (Lipinski definition) is 12. The van der Waals surface area contributed by atoms with Gasteiger partial charge in [0.2, 0.25) is 6.29 Å². The van der Waals surface area contributed by atoms with E-state index in [0.29, 0.717) is 25.2 Å². The average Bonchev–Trinajstić information content (AvgIpc) is 3.34. The standard InChI is InChI=1S/C52H84O21/c1-47(2)14-16-52(46(65)73-45-39(63)35(59)34(58)28(70-45)22-68-42-40(64)36(60)41(27(19-53)69-42)72-44-38(62)33(57)26(55)21-67-44)17-15-50(6)23(24(52)18-47)8-9-30-49(5)12-11-31(48(3,4)29(49)10-13-51(30,50)7)71-43-37(61)32(56)25(54)20-66-43/h8,24-45,53-64H,9-22H2,1-7H3/t24-,25-,26-,27+,28+,29-,30+,31-,32-,33-,34+,35-,36+,37+,38+,39+,40+,41+,42+,43-,44-,45-,49-,50+,51+,52-/m0/s1. The van der Waals surface area contributed by atoms with Gasteiger partial charge in [0.1, 0.15) is 85.5 Å². The quantitative estimate of drug-likeness (QED) is 0.0727. The van der Waals surface area contributed by atoms with Crippen molar-refractivity contribution in [1.82, 2.24) is 0 Å². The number of aliphatic hydroxyl groups excluding tert-OH is 12. The molecule has 0 unspecified atom stereocenters. The molecule has 4 saturated heterocycles. The van der Waals surface area contributed by atoms with E-state index in [1.807, 2.05) is 0 Å². The Morgan fingerprint density at radius 1 is 0.616 bits per heavy atom. The molecule has 4 aliphatic heterocycles. The molecule has 9 aliphatic rings. The van der Waals surface area contributed by atoms with E-state index in [4.69, 9.17) is 37.9 Å². The Balaban J connectivity index is 0.893. The van der Waals surface area contributed by atoms with Crippen molar-refractivity contribution >= 4 is 5.97 Å². The van der Waals surface area contributed by atoms with E-state index >= 15 is 4.79 Å². The lowest BCUT2D eigenvalue weighted by Crippen LogP contribution is -2.66. The fraction of sp³-hybridized carbons (Fsp3) is 0.942. The van der Waals surface area contributed by atoms with Crippen molar-refractivity contribution in [3.05, 3.63) is 11.6 Å². The van der Waals surface area contributed by atoms with Crippen LogP contribution >= 0.6 is 0 Å². The summed E-state index contributed by atoms with van der Waals surface area (Å²) in [4.78, 5) is 15.1. The maximum absolute atomic E-state index is 15.1. The Bertz CT molecular complexity index is 2010. The second-order valence-electron chi connectivity index (χ2n) is 25.4. The van der Waals surface area contributed by atoms with Crippen LogP contribution in [0.4, 0.5) is 0 Å². The molecule has 8 fully saturated rings. The van der Waals surface area contributed by atoms with Crippen LogP contribution in [0.5, 0.6) is 0 Å². The highest BCUT2D eigenvalue weighted by Gasteiger charge is 2.70. The Kier molecular flexibility index (Phi) is 15.6. The molecule has 21 nitrogen and oxygen atoms in total. The van der Waals surface area contributed by atoms with Gasteiger partial charge in [-0.25, -0.2) is 0 Å². The molecule has 0 spiro atoms. The molecule has 5 aliphatic carbocycles. The molecule has 0 amide bonds. The van der Waals surface area contributed by atoms with Gasteiger partial charge in [-0.15, -0.1) is 0 Å². The lowest BCUT2D eigenvalue weighted by atomic mass is 9.33. The molecule has 4 heterocycles. The van der Waals surface area contributed by atoms with Crippen molar-refractivity contribution in [2.24, 2.45) is 50.2 Å². The third kappa shape index (κ3) is 9.29. The summed E-state index contributed by atoms with van der Waals surface area (Å²) in [6, 6.07) is 0. The predicted octanol–water partition coefficient (Wildman–Crippen LogP) is -0.757. The summed E-state index contributed by atoms with van der Waals surface area (Å²) < 4.78 is 46.8. The summed E-state index contributed by atoms with van der Waals surface area (Å²) >= 11 is 0. The molecular formula is C52H84O21. The lowest BCUT2D eigenvalue weighted by molar-refractivity contribution is -0.355. The Morgan fingerprint density at radius 2 is 1.21 bits per heavy atom. The van der Waals surface area contributed by atoms with Gasteiger partial charge in [-0.05, 0) is 109 Å². The second kappa shape index (κ2) is 20.3. The Hall–Kier alpha value is -1.55. The van der Waals surface area contributed by atoms with Crippen molar-refractivity contribution < 1.29 is 104 Å². The van der Waals surface area contributed by atoms with Gasteiger partial charge in [0.25, 0.3) is 0 Å². The molecule has 0 aromatic rings. The van der Waals surface area contributed by atoms with E-state index < -0.39 is 142 Å². The third-order valence-corrected chi connectivity index (χ3v) is 20.6. The van der Waals surface area contributed by atoms with Crippen LogP contribution in [0.25, 0.3) is 0 Å². The monoisotopic (exact) mass is 1040 g/mol. The third-order valence-electron chi connectivity index (χ3n) is 20.6. The molecule has 4 saturated carbocycles. The molecule has 0 aromatic carbocycles. The van der Waals surface area contributed by atoms with Crippen LogP contribution in [0, 0.1) is 50.2 Å². The fourth-order valence-corrected chi connectivity index (χ4v) is 15.9. The number of hydrogen-bond acceptors (Lipinski definition) is 21. The summed E-state index contributed by atoms with van der Waals surface area (Å²) in [5.74, 6) is -0.199. The first-order chi connectivity index (χ1) is 34.2. The van der Waals surface area contributed by atoms with Crippen LogP contribution < -0.4 is 0 Å². The van der Waals surface area contributed by atoms with Crippen molar-refractivity contribution in [3.63, 3.8) is 0 Å². The van der Waals surface area contributed by atoms with Crippen molar-refractivity contribution in [2.45, 2.75) is 229 Å². The number of allylic oxidation sites excluding steroid dienone is 2. The SMILES string of the molecule is CC1(C)CC[C@]2(C(=O)O[C@@H]3O[C@H](CO[C@@H]4O[C@H](CO)[C@@H](O[C@@H]5OC[C@H](O)[C@H](O)[C@H]5O)[C@H](O)[C@H]4O)[C@@H](O)[C@H](O)[C@H]3O)CC[C@]3(C)C(=CC[C@@H]4[C@@]5(C)CC[C@H](O[C@@H]6OC[C@H](O)[C@H](O)[C@H]6O)C(C)(C)[C@@H]5CC[C@]43C)[C@@H]2C1. The van der Waals surface area contributed by atoms with Gasteiger partial charge in [-0.2, -0.15) is 0 Å². The molecule has 0 aromatic heterocycles. The van der Waals surface area contributed by atoms with E-state index in [-0.39, 0.29) is 51.6 Å². The molecule has 73 heavy (non-hydrogen) atoms. The van der Waals surface area contributed by atoms with Crippen LogP contribution in [-0.4, -0.2) is 210 Å². The Labute approximate surface area is 426 Å². The first-order valence-corrected chi connectivity index (χ1v) is 26.6. The van der Waals surface area contributed by atoms with E-state index in [1.165, 1.54) is 5.57 Å². The molecule has 9 rings (SSSR count). The first-order valence-electron chi connectivity index (χ1n) is 26.6. The minimum Gasteiger partial charge on any atom is -0.432 e. The summed E-state index contributed by atoms with van der Waals surface area (Å²) in [5, 5.41) is 127. The molecule has 0 radical (unpaired) electrons. The van der Waals surface area contributed by atoms with Crippen LogP contribution in [0.1, 0.15) is 113 Å². The molecule has 0 bridgehead atoms. The van der Waals surface area contributed by atoms with Gasteiger partial charge in [0.05, 0.1) is 37.9 Å². The van der Waals surface area contributed by atoms with E-state index in [0.717, 1.165) is 44.9 Å². The van der Waals surface area contributed by atoms with Gasteiger partial charge in [0.15, 0.2) is 18.9 Å². The van der Waals surface area contributed by atoms with Crippen LogP contribution in [0.15, 0.2) is 11.6 Å². The first kappa shape index (κ1) is 56.2. The number of carbonyl (C=O) groups is 1. The zero-order valence-corrected chi connectivity index (χ0v) is 43.2. The second-order valence-corrected chi connectivity index (χ2v) is 25.4. The normalized spacial score (nSPS) is 53.7. The van der Waals surface area contributed by atoms with Crippen molar-refractivity contribution in [3.8, 4) is 0 Å². The summed E-state index contributed by atoms with van der Waals surface area (Å²) in [5.41, 5.74) is -0.638. The van der Waals surface area contributed by atoms with Crippen LogP contribution in [0.3, 0.4) is 0 Å². The number of ether oxygens (including phenoxy) is 8. The zero-order chi connectivity index (χ0) is 53.1. The van der Waals surface area contributed by atoms with Gasteiger partial charge < -0.3 is 99.2 Å². The maximum Gasteiger partial charge on any atom is 0.315 e. The smallest absolute Gasteiger partial charge is 0.315 e. The number of carbonyl (C=O) groups excluding carboxylic acids is 1. The molecule has 418 valence electrons. The van der Waals surface area contributed by atoms with E-state index in [9.17, 15) is 61.3 Å². The molecule has 21 heteroatoms. The van der Waals surface area contributed by atoms with Gasteiger partial charge in [0, 0.05) is 0 Å². The summed E-state index contributed by atoms with van der Waals surface area (Å²) in [6.07, 6.45) is -18.5. The average molecular weight is 1050 g/mol. The highest BCUT2D eigenvalue weighted by Crippen LogP contribution is 2.76. The predicted molar refractivity (Wildman–Crippen MR) is 251 cm³/mol. The van der Waals surface area contributed by atoms with Crippen molar-refractivity contribution in [2.75, 3.05) is 26.4 Å². The minimum absolute atomic E-state index is 0.0767. The maximum atomic E-state index is 15.1. The number of esters is 1. The van der Waals surface area contributed by atoms with Gasteiger partial charge >= 0.3 is 5.97 Å². The minimum atomic E-state index is -1.86. The van der Waals surface area contributed by atoms with Crippen molar-refractivity contribution in [1.29, 1.82) is 0 Å².